The van der Waals surface area contributed by atoms with Crippen molar-refractivity contribution in [1.29, 1.82) is 0 Å². The molecule has 4 nitrogen and oxygen atoms in total. The highest BCUT2D eigenvalue weighted by molar-refractivity contribution is 5.96. The zero-order chi connectivity index (χ0) is 13.3. The van der Waals surface area contributed by atoms with Crippen LogP contribution in [0.4, 0.5) is 5.69 Å². The Morgan fingerprint density at radius 3 is 2.61 bits per heavy atom. The van der Waals surface area contributed by atoms with E-state index in [1.807, 2.05) is 24.0 Å². The van der Waals surface area contributed by atoms with Crippen molar-refractivity contribution in [3.05, 3.63) is 24.0 Å². The largest absolute Gasteiger partial charge is 0.306 e. The number of nitrogens with zero attached hydrogens (tertiary/aromatic N) is 2. The van der Waals surface area contributed by atoms with E-state index >= 15 is 0 Å². The third-order valence-corrected chi connectivity index (χ3v) is 3.22. The van der Waals surface area contributed by atoms with Gasteiger partial charge in [-0.25, -0.2) is 0 Å². The second-order valence-corrected chi connectivity index (χ2v) is 5.90. The van der Waals surface area contributed by atoms with Crippen LogP contribution in [-0.4, -0.2) is 30.0 Å². The maximum Gasteiger partial charge on any atom is 0.241 e. The van der Waals surface area contributed by atoms with E-state index in [0.29, 0.717) is 6.54 Å². The van der Waals surface area contributed by atoms with Crippen LogP contribution < -0.4 is 10.2 Å². The summed E-state index contributed by atoms with van der Waals surface area (Å²) in [5, 5.41) is 3.11. The van der Waals surface area contributed by atoms with Crippen LogP contribution in [0.25, 0.3) is 0 Å². The van der Waals surface area contributed by atoms with Crippen molar-refractivity contribution in [2.75, 3.05) is 18.0 Å². The molecule has 0 radical (unpaired) electrons. The number of amides is 1. The van der Waals surface area contributed by atoms with Crippen LogP contribution in [0.15, 0.2) is 18.3 Å². The average molecular weight is 247 g/mol. The predicted octanol–water partition coefficient (Wildman–Crippen LogP) is 1.70. The molecule has 0 aromatic carbocycles. The molecule has 1 saturated heterocycles. The van der Waals surface area contributed by atoms with Gasteiger partial charge in [-0.3, -0.25) is 9.78 Å². The zero-order valence-corrected chi connectivity index (χ0v) is 11.5. The fraction of sp³-hybridized carbons (Fsp3) is 0.571. The van der Waals surface area contributed by atoms with Crippen molar-refractivity contribution in [2.24, 2.45) is 0 Å². The molecule has 1 aromatic heterocycles. The summed E-state index contributed by atoms with van der Waals surface area (Å²) >= 11 is 0. The summed E-state index contributed by atoms with van der Waals surface area (Å²) in [6.45, 7) is 9.68. The van der Waals surface area contributed by atoms with Crippen molar-refractivity contribution in [3.8, 4) is 0 Å². The van der Waals surface area contributed by atoms with Gasteiger partial charge in [-0.05, 0) is 19.1 Å². The lowest BCUT2D eigenvalue weighted by Gasteiger charge is -2.33. The molecule has 1 aliphatic rings. The molecule has 0 spiro atoms. The van der Waals surface area contributed by atoms with Crippen LogP contribution in [0.5, 0.6) is 0 Å². The van der Waals surface area contributed by atoms with Crippen LogP contribution in [0.3, 0.4) is 0 Å². The second-order valence-electron chi connectivity index (χ2n) is 5.90. The summed E-state index contributed by atoms with van der Waals surface area (Å²) in [7, 11) is 0. The lowest BCUT2D eigenvalue weighted by molar-refractivity contribution is -0.119. The lowest BCUT2D eigenvalue weighted by Crippen LogP contribution is -2.53. The average Bonchev–Trinajstić information content (AvgIpc) is 2.28. The zero-order valence-electron chi connectivity index (χ0n) is 11.5. The van der Waals surface area contributed by atoms with Crippen molar-refractivity contribution < 1.29 is 4.79 Å². The number of aromatic nitrogens is 1. The summed E-state index contributed by atoms with van der Waals surface area (Å²) < 4.78 is 0. The highest BCUT2D eigenvalue weighted by Gasteiger charge is 2.26. The number of anilines is 1. The number of rotatable bonds is 1. The monoisotopic (exact) mass is 247 g/mol. The molecule has 1 aromatic rings. The Balaban J connectivity index is 2.26. The standard InChI is InChI=1S/C14H21N3O/c1-10-7-15-9-13(18)17(10)11-5-6-12(16-8-11)14(2,3)4/h5-6,8,10,15H,7,9H2,1-4H3. The number of piperazine rings is 1. The summed E-state index contributed by atoms with van der Waals surface area (Å²) in [5.41, 5.74) is 1.97. The van der Waals surface area contributed by atoms with Crippen molar-refractivity contribution in [2.45, 2.75) is 39.2 Å². The topological polar surface area (TPSA) is 45.2 Å². The predicted molar refractivity (Wildman–Crippen MR) is 72.8 cm³/mol. The van der Waals surface area contributed by atoms with Crippen LogP contribution in [0, 0.1) is 0 Å². The molecule has 2 heterocycles. The van der Waals surface area contributed by atoms with Gasteiger partial charge >= 0.3 is 0 Å². The Hall–Kier alpha value is -1.42. The fourth-order valence-corrected chi connectivity index (χ4v) is 2.18. The third-order valence-electron chi connectivity index (χ3n) is 3.22. The van der Waals surface area contributed by atoms with E-state index in [1.165, 1.54) is 0 Å². The summed E-state index contributed by atoms with van der Waals surface area (Å²) in [4.78, 5) is 18.2. The normalized spacial score (nSPS) is 21.2. The van der Waals surface area contributed by atoms with Gasteiger partial charge in [0.2, 0.25) is 5.91 Å². The van der Waals surface area contributed by atoms with E-state index in [-0.39, 0.29) is 17.4 Å². The quantitative estimate of drug-likeness (QED) is 0.821. The first kappa shape index (κ1) is 13.0. The Morgan fingerprint density at radius 1 is 1.39 bits per heavy atom. The van der Waals surface area contributed by atoms with Gasteiger partial charge in [0.05, 0.1) is 18.4 Å². The van der Waals surface area contributed by atoms with Crippen LogP contribution in [-0.2, 0) is 10.2 Å². The minimum absolute atomic E-state index is 0.0393. The minimum Gasteiger partial charge on any atom is -0.306 e. The number of hydrogen-bond donors (Lipinski definition) is 1. The first-order chi connectivity index (χ1) is 8.39. The van der Waals surface area contributed by atoms with Gasteiger partial charge < -0.3 is 10.2 Å². The summed E-state index contributed by atoms with van der Waals surface area (Å²) in [5.74, 6) is 0.110. The highest BCUT2D eigenvalue weighted by Crippen LogP contribution is 2.23. The van der Waals surface area contributed by atoms with Gasteiger partial charge in [-0.15, -0.1) is 0 Å². The molecule has 2 rings (SSSR count). The van der Waals surface area contributed by atoms with E-state index in [0.717, 1.165) is 17.9 Å². The lowest BCUT2D eigenvalue weighted by atomic mass is 9.91. The molecule has 98 valence electrons. The Bertz CT molecular complexity index is 433. The van der Waals surface area contributed by atoms with Crippen molar-refractivity contribution in [3.63, 3.8) is 0 Å². The molecule has 4 heteroatoms. The van der Waals surface area contributed by atoms with Gasteiger partial charge in [-0.1, -0.05) is 20.8 Å². The first-order valence-electron chi connectivity index (χ1n) is 6.39. The molecule has 1 atom stereocenters. The molecular formula is C14H21N3O. The smallest absolute Gasteiger partial charge is 0.241 e. The molecule has 1 unspecified atom stereocenters. The maximum absolute atomic E-state index is 11.9. The Morgan fingerprint density at radius 2 is 2.11 bits per heavy atom. The van der Waals surface area contributed by atoms with Gasteiger partial charge in [0.1, 0.15) is 0 Å². The first-order valence-corrected chi connectivity index (χ1v) is 6.39. The van der Waals surface area contributed by atoms with Crippen molar-refractivity contribution >= 4 is 11.6 Å². The van der Waals surface area contributed by atoms with Gasteiger partial charge in [-0.2, -0.15) is 0 Å². The van der Waals surface area contributed by atoms with E-state index < -0.39 is 0 Å². The summed E-state index contributed by atoms with van der Waals surface area (Å²) in [6.07, 6.45) is 1.81. The van der Waals surface area contributed by atoms with Gasteiger partial charge in [0.25, 0.3) is 0 Å². The van der Waals surface area contributed by atoms with Crippen LogP contribution in [0.1, 0.15) is 33.4 Å². The SMILES string of the molecule is CC1CNCC(=O)N1c1ccc(C(C)(C)C)nc1. The number of hydrogen-bond acceptors (Lipinski definition) is 3. The van der Waals surface area contributed by atoms with E-state index in [9.17, 15) is 4.79 Å². The number of pyridine rings is 1. The van der Waals surface area contributed by atoms with E-state index in [2.05, 4.69) is 31.1 Å². The highest BCUT2D eigenvalue weighted by atomic mass is 16.2. The molecular weight excluding hydrogens is 226 g/mol. The number of nitrogens with one attached hydrogen (secondary N) is 1. The molecule has 1 fully saturated rings. The Kier molecular flexibility index (Phi) is 3.39. The Labute approximate surface area is 108 Å². The number of carbonyl (C=O) groups excluding carboxylic acids is 1. The molecule has 1 aliphatic heterocycles. The molecule has 0 saturated carbocycles. The van der Waals surface area contributed by atoms with Crippen LogP contribution >= 0.6 is 0 Å². The minimum atomic E-state index is 0.0393. The van der Waals surface area contributed by atoms with E-state index in [4.69, 9.17) is 0 Å². The van der Waals surface area contributed by atoms with Gasteiger partial charge in [0.15, 0.2) is 0 Å². The van der Waals surface area contributed by atoms with Gasteiger partial charge in [0, 0.05) is 23.7 Å². The van der Waals surface area contributed by atoms with Crippen molar-refractivity contribution in [1.82, 2.24) is 10.3 Å². The molecule has 0 bridgehead atoms. The molecule has 18 heavy (non-hydrogen) atoms. The molecule has 1 N–H and O–H groups in total. The van der Waals surface area contributed by atoms with E-state index in [1.54, 1.807) is 6.20 Å². The fourth-order valence-electron chi connectivity index (χ4n) is 2.18. The molecule has 1 amide bonds. The third kappa shape index (κ3) is 2.53. The summed E-state index contributed by atoms with van der Waals surface area (Å²) in [6, 6.07) is 4.18. The van der Waals surface area contributed by atoms with Crippen LogP contribution in [0.2, 0.25) is 0 Å². The molecule has 0 aliphatic carbocycles. The number of carbonyl (C=O) groups is 1. The maximum atomic E-state index is 11.9. The second kappa shape index (κ2) is 4.69.